The SMILES string of the molecule is CC(C)(C)OC(=O)NCc1ccc(NC(=O)OCc2ccc(Cl)cc2)cc1. The van der Waals surface area contributed by atoms with Crippen LogP contribution < -0.4 is 10.6 Å². The molecule has 0 unspecified atom stereocenters. The average molecular weight is 391 g/mol. The number of hydrogen-bond donors (Lipinski definition) is 2. The van der Waals surface area contributed by atoms with Crippen LogP contribution in [0.25, 0.3) is 0 Å². The molecule has 2 N–H and O–H groups in total. The third-order valence-electron chi connectivity index (χ3n) is 3.32. The van der Waals surface area contributed by atoms with Crippen LogP contribution in [0.4, 0.5) is 15.3 Å². The molecule has 2 aromatic rings. The molecule has 0 aliphatic rings. The number of rotatable bonds is 5. The van der Waals surface area contributed by atoms with Crippen molar-refractivity contribution < 1.29 is 19.1 Å². The van der Waals surface area contributed by atoms with E-state index in [0.29, 0.717) is 17.3 Å². The minimum Gasteiger partial charge on any atom is -0.444 e. The number of amides is 2. The van der Waals surface area contributed by atoms with Gasteiger partial charge < -0.3 is 14.8 Å². The Balaban J connectivity index is 1.76. The fraction of sp³-hybridized carbons (Fsp3) is 0.300. The molecule has 0 saturated carbocycles. The molecule has 27 heavy (non-hydrogen) atoms. The van der Waals surface area contributed by atoms with Crippen LogP contribution >= 0.6 is 11.6 Å². The van der Waals surface area contributed by atoms with E-state index in [9.17, 15) is 9.59 Å². The predicted octanol–water partition coefficient (Wildman–Crippen LogP) is 5.11. The number of carbonyl (C=O) groups excluding carboxylic acids is 2. The van der Waals surface area contributed by atoms with Gasteiger partial charge in [-0.05, 0) is 56.2 Å². The lowest BCUT2D eigenvalue weighted by Crippen LogP contribution is -2.32. The summed E-state index contributed by atoms with van der Waals surface area (Å²) >= 11 is 5.81. The highest BCUT2D eigenvalue weighted by Crippen LogP contribution is 2.13. The van der Waals surface area contributed by atoms with Crippen LogP contribution in [0.15, 0.2) is 48.5 Å². The van der Waals surface area contributed by atoms with Crippen LogP contribution in [0.1, 0.15) is 31.9 Å². The Morgan fingerprint density at radius 2 is 1.52 bits per heavy atom. The lowest BCUT2D eigenvalue weighted by molar-refractivity contribution is 0.0523. The number of ether oxygens (including phenoxy) is 2. The Labute approximate surface area is 163 Å². The molecular weight excluding hydrogens is 368 g/mol. The van der Waals surface area contributed by atoms with Gasteiger partial charge in [0.2, 0.25) is 0 Å². The van der Waals surface area contributed by atoms with Crippen LogP contribution in [0.3, 0.4) is 0 Å². The van der Waals surface area contributed by atoms with Crippen molar-refractivity contribution in [3.8, 4) is 0 Å². The van der Waals surface area contributed by atoms with Crippen molar-refractivity contribution in [3.63, 3.8) is 0 Å². The topological polar surface area (TPSA) is 76.7 Å². The van der Waals surface area contributed by atoms with E-state index in [-0.39, 0.29) is 6.61 Å². The summed E-state index contributed by atoms with van der Waals surface area (Å²) in [4.78, 5) is 23.5. The Morgan fingerprint density at radius 3 is 2.11 bits per heavy atom. The second-order valence-electron chi connectivity index (χ2n) is 6.88. The van der Waals surface area contributed by atoms with Crippen LogP contribution in [-0.4, -0.2) is 17.8 Å². The minimum atomic E-state index is -0.551. The number of halogens is 1. The lowest BCUT2D eigenvalue weighted by atomic mass is 10.2. The standard InChI is InChI=1S/C20H23ClN2O4/c1-20(2,3)27-18(24)22-12-14-6-10-17(11-7-14)23-19(25)26-13-15-4-8-16(21)9-5-15/h4-11H,12-13H2,1-3H3,(H,22,24)(H,23,25). The highest BCUT2D eigenvalue weighted by molar-refractivity contribution is 6.30. The predicted molar refractivity (Wildman–Crippen MR) is 105 cm³/mol. The number of nitrogens with one attached hydrogen (secondary N) is 2. The number of hydrogen-bond acceptors (Lipinski definition) is 4. The largest absolute Gasteiger partial charge is 0.444 e. The van der Waals surface area contributed by atoms with Crippen molar-refractivity contribution in [2.75, 3.05) is 5.32 Å². The fourth-order valence-electron chi connectivity index (χ4n) is 2.08. The average Bonchev–Trinajstić information content (AvgIpc) is 2.59. The van der Waals surface area contributed by atoms with E-state index < -0.39 is 17.8 Å². The highest BCUT2D eigenvalue weighted by Gasteiger charge is 2.15. The van der Waals surface area contributed by atoms with Crippen molar-refractivity contribution >= 4 is 29.5 Å². The summed E-state index contributed by atoms with van der Waals surface area (Å²) in [5.74, 6) is 0. The van der Waals surface area contributed by atoms with Crippen molar-refractivity contribution in [2.24, 2.45) is 0 Å². The Kier molecular flexibility index (Phi) is 7.07. The molecule has 0 bridgehead atoms. The first-order valence-electron chi connectivity index (χ1n) is 8.45. The highest BCUT2D eigenvalue weighted by atomic mass is 35.5. The van der Waals surface area contributed by atoms with Gasteiger partial charge in [0.1, 0.15) is 12.2 Å². The maximum Gasteiger partial charge on any atom is 0.411 e. The van der Waals surface area contributed by atoms with Crippen LogP contribution in [0.5, 0.6) is 0 Å². The van der Waals surface area contributed by atoms with Crippen molar-refractivity contribution in [1.82, 2.24) is 5.32 Å². The van der Waals surface area contributed by atoms with Crippen molar-refractivity contribution in [3.05, 3.63) is 64.7 Å². The number of benzene rings is 2. The van der Waals surface area contributed by atoms with Crippen LogP contribution in [-0.2, 0) is 22.6 Å². The quantitative estimate of drug-likeness (QED) is 0.743. The molecule has 0 fully saturated rings. The second-order valence-corrected chi connectivity index (χ2v) is 7.32. The summed E-state index contributed by atoms with van der Waals surface area (Å²) in [6, 6.07) is 14.1. The maximum absolute atomic E-state index is 11.9. The van der Waals surface area contributed by atoms with Gasteiger partial charge in [-0.25, -0.2) is 9.59 Å². The fourth-order valence-corrected chi connectivity index (χ4v) is 2.20. The zero-order valence-electron chi connectivity index (χ0n) is 15.5. The molecule has 0 aliphatic heterocycles. The normalized spacial score (nSPS) is 10.8. The Bertz CT molecular complexity index is 768. The van der Waals surface area contributed by atoms with E-state index in [1.54, 1.807) is 69.3 Å². The Morgan fingerprint density at radius 1 is 0.926 bits per heavy atom. The molecule has 0 radical (unpaired) electrons. The van der Waals surface area contributed by atoms with E-state index in [1.165, 1.54) is 0 Å². The first-order chi connectivity index (χ1) is 12.7. The van der Waals surface area contributed by atoms with Crippen LogP contribution in [0.2, 0.25) is 5.02 Å². The van der Waals surface area contributed by atoms with Crippen LogP contribution in [0, 0.1) is 0 Å². The summed E-state index contributed by atoms with van der Waals surface area (Å²) < 4.78 is 10.3. The molecule has 0 spiro atoms. The smallest absolute Gasteiger partial charge is 0.411 e. The van der Waals surface area contributed by atoms with Gasteiger partial charge in [-0.15, -0.1) is 0 Å². The van der Waals surface area contributed by atoms with Gasteiger partial charge in [0.05, 0.1) is 0 Å². The molecule has 0 heterocycles. The number of carbonyl (C=O) groups is 2. The molecule has 6 nitrogen and oxygen atoms in total. The molecule has 2 aromatic carbocycles. The molecule has 2 rings (SSSR count). The van der Waals surface area contributed by atoms with E-state index in [2.05, 4.69) is 10.6 Å². The first-order valence-corrected chi connectivity index (χ1v) is 8.83. The summed E-state index contributed by atoms with van der Waals surface area (Å²) in [5.41, 5.74) is 1.78. The van der Waals surface area contributed by atoms with Gasteiger partial charge >= 0.3 is 12.2 Å². The van der Waals surface area contributed by atoms with Gasteiger partial charge in [0.15, 0.2) is 0 Å². The molecule has 0 saturated heterocycles. The second kappa shape index (κ2) is 9.28. The molecule has 0 atom stereocenters. The van der Waals surface area contributed by atoms with Crippen molar-refractivity contribution in [1.29, 1.82) is 0 Å². The Hall–Kier alpha value is -2.73. The third-order valence-corrected chi connectivity index (χ3v) is 3.57. The van der Waals surface area contributed by atoms with Gasteiger partial charge in [0, 0.05) is 17.3 Å². The van der Waals surface area contributed by atoms with E-state index in [1.807, 2.05) is 0 Å². The molecule has 144 valence electrons. The molecule has 7 heteroatoms. The number of anilines is 1. The monoisotopic (exact) mass is 390 g/mol. The maximum atomic E-state index is 11.9. The number of alkyl carbamates (subject to hydrolysis) is 1. The summed E-state index contributed by atoms with van der Waals surface area (Å²) in [5, 5.41) is 5.95. The molecular formula is C20H23ClN2O4. The first kappa shape index (κ1) is 20.6. The van der Waals surface area contributed by atoms with Gasteiger partial charge in [-0.2, -0.15) is 0 Å². The zero-order chi connectivity index (χ0) is 19.9. The summed E-state index contributed by atoms with van der Waals surface area (Å²) in [6.07, 6.45) is -1.03. The molecule has 0 aliphatic carbocycles. The summed E-state index contributed by atoms with van der Waals surface area (Å²) in [7, 11) is 0. The third kappa shape index (κ3) is 8.00. The van der Waals surface area contributed by atoms with Crippen molar-refractivity contribution in [2.45, 2.75) is 39.5 Å². The molecule has 2 amide bonds. The van der Waals surface area contributed by atoms with E-state index in [0.717, 1.165) is 11.1 Å². The minimum absolute atomic E-state index is 0.154. The van der Waals surface area contributed by atoms with Gasteiger partial charge in [-0.3, -0.25) is 5.32 Å². The molecule has 0 aromatic heterocycles. The van der Waals surface area contributed by atoms with E-state index in [4.69, 9.17) is 21.1 Å². The zero-order valence-corrected chi connectivity index (χ0v) is 16.3. The van der Waals surface area contributed by atoms with Gasteiger partial charge in [-0.1, -0.05) is 35.9 Å². The summed E-state index contributed by atoms with van der Waals surface area (Å²) in [6.45, 7) is 5.90. The van der Waals surface area contributed by atoms with E-state index >= 15 is 0 Å². The van der Waals surface area contributed by atoms with Gasteiger partial charge in [0.25, 0.3) is 0 Å². The lowest BCUT2D eigenvalue weighted by Gasteiger charge is -2.19.